The zero-order chi connectivity index (χ0) is 15.5. The lowest BCUT2D eigenvalue weighted by Crippen LogP contribution is -2.23. The lowest BCUT2D eigenvalue weighted by atomic mass is 10.3. The topological polar surface area (TPSA) is 92.5 Å². The number of hydrogen-bond donors (Lipinski definition) is 2. The third-order valence-corrected chi connectivity index (χ3v) is 5.89. The normalized spacial score (nSPS) is 11.2. The largest absolute Gasteiger partial charge is 0.396 e. The molecule has 3 N–H and O–H groups in total. The second-order valence-electron chi connectivity index (χ2n) is 4.28. The number of sulfone groups is 1. The van der Waals surface area contributed by atoms with Gasteiger partial charge in [0.25, 0.3) is 5.91 Å². The van der Waals surface area contributed by atoms with Crippen LogP contribution in [-0.2, 0) is 9.84 Å². The molecule has 20 heavy (non-hydrogen) atoms. The Labute approximate surface area is 123 Å². The van der Waals surface area contributed by atoms with E-state index in [4.69, 9.17) is 5.73 Å². The zero-order valence-corrected chi connectivity index (χ0v) is 13.4. The van der Waals surface area contributed by atoms with Crippen molar-refractivity contribution >= 4 is 37.8 Å². The molecule has 1 aromatic heterocycles. The molecule has 6 nitrogen and oxygen atoms in total. The molecule has 8 heteroatoms. The van der Waals surface area contributed by atoms with Gasteiger partial charge in [0, 0.05) is 20.6 Å². The van der Waals surface area contributed by atoms with Crippen LogP contribution in [0, 0.1) is 0 Å². The first-order valence-electron chi connectivity index (χ1n) is 5.97. The molecule has 1 aromatic rings. The molecule has 0 spiro atoms. The molecular formula is C12H19N3O3S2. The quantitative estimate of drug-likeness (QED) is 0.767. The van der Waals surface area contributed by atoms with Crippen LogP contribution in [0.4, 0.5) is 10.7 Å². The van der Waals surface area contributed by atoms with Gasteiger partial charge in [-0.2, -0.15) is 0 Å². The van der Waals surface area contributed by atoms with Crippen molar-refractivity contribution in [3.05, 3.63) is 17.5 Å². The summed E-state index contributed by atoms with van der Waals surface area (Å²) in [6.45, 7) is 5.35. The SMILES string of the molecule is C=CCNC(=O)c1sc(N(C)C)c(S(=O)(=O)CC)c1N. The van der Waals surface area contributed by atoms with Crippen LogP contribution in [0.2, 0.25) is 0 Å². The van der Waals surface area contributed by atoms with Gasteiger partial charge >= 0.3 is 0 Å². The highest BCUT2D eigenvalue weighted by molar-refractivity contribution is 7.92. The molecule has 0 aliphatic heterocycles. The van der Waals surface area contributed by atoms with E-state index in [1.807, 2.05) is 0 Å². The van der Waals surface area contributed by atoms with Crippen LogP contribution in [0.25, 0.3) is 0 Å². The average Bonchev–Trinajstić information content (AvgIpc) is 2.74. The fourth-order valence-electron chi connectivity index (χ4n) is 1.57. The number of amides is 1. The molecule has 1 amide bonds. The van der Waals surface area contributed by atoms with E-state index in [2.05, 4.69) is 11.9 Å². The van der Waals surface area contributed by atoms with E-state index in [-0.39, 0.29) is 21.2 Å². The fourth-order valence-corrected chi connectivity index (χ4v) is 4.27. The number of nitrogen functional groups attached to an aromatic ring is 1. The molecule has 112 valence electrons. The van der Waals surface area contributed by atoms with Gasteiger partial charge in [0.1, 0.15) is 14.8 Å². The molecule has 0 saturated heterocycles. The maximum absolute atomic E-state index is 12.1. The molecule has 0 fully saturated rings. The maximum atomic E-state index is 12.1. The number of rotatable bonds is 6. The number of carbonyl (C=O) groups is 1. The highest BCUT2D eigenvalue weighted by Gasteiger charge is 2.29. The van der Waals surface area contributed by atoms with Crippen molar-refractivity contribution in [3.63, 3.8) is 0 Å². The van der Waals surface area contributed by atoms with Crippen molar-refractivity contribution in [2.24, 2.45) is 0 Å². The minimum Gasteiger partial charge on any atom is -0.396 e. The van der Waals surface area contributed by atoms with Gasteiger partial charge in [-0.05, 0) is 0 Å². The Hall–Kier alpha value is -1.54. The van der Waals surface area contributed by atoms with E-state index in [9.17, 15) is 13.2 Å². The van der Waals surface area contributed by atoms with Gasteiger partial charge < -0.3 is 16.0 Å². The molecule has 0 aliphatic carbocycles. The highest BCUT2D eigenvalue weighted by atomic mass is 32.2. The zero-order valence-electron chi connectivity index (χ0n) is 11.8. The van der Waals surface area contributed by atoms with Crippen molar-refractivity contribution in [3.8, 4) is 0 Å². The lowest BCUT2D eigenvalue weighted by molar-refractivity contribution is 0.0963. The van der Waals surface area contributed by atoms with E-state index >= 15 is 0 Å². The lowest BCUT2D eigenvalue weighted by Gasteiger charge is -2.12. The van der Waals surface area contributed by atoms with Crippen LogP contribution in [0.1, 0.15) is 16.6 Å². The first-order chi connectivity index (χ1) is 9.26. The Kier molecular flexibility index (Phi) is 5.18. The van der Waals surface area contributed by atoms with Gasteiger partial charge in [0.2, 0.25) is 0 Å². The average molecular weight is 317 g/mol. The minimum atomic E-state index is -3.49. The number of anilines is 2. The summed E-state index contributed by atoms with van der Waals surface area (Å²) >= 11 is 1.07. The van der Waals surface area contributed by atoms with Gasteiger partial charge in [0.05, 0.1) is 11.4 Å². The minimum absolute atomic E-state index is 0.0158. The van der Waals surface area contributed by atoms with Crippen LogP contribution in [0.15, 0.2) is 17.6 Å². The predicted octanol–water partition coefficient (Wildman–Crippen LogP) is 1.11. The Morgan fingerprint density at radius 1 is 1.50 bits per heavy atom. The van der Waals surface area contributed by atoms with E-state index in [0.29, 0.717) is 11.5 Å². The Bertz CT molecular complexity index is 618. The predicted molar refractivity (Wildman–Crippen MR) is 83.3 cm³/mol. The second-order valence-corrected chi connectivity index (χ2v) is 7.49. The number of nitrogens with zero attached hydrogens (tertiary/aromatic N) is 1. The van der Waals surface area contributed by atoms with Gasteiger partial charge in [-0.1, -0.05) is 13.0 Å². The summed E-state index contributed by atoms with van der Waals surface area (Å²) in [7, 11) is -0.0668. The van der Waals surface area contributed by atoms with Crippen molar-refractivity contribution in [1.82, 2.24) is 5.32 Å². The van der Waals surface area contributed by atoms with Crippen molar-refractivity contribution in [2.45, 2.75) is 11.8 Å². The first kappa shape index (κ1) is 16.5. The van der Waals surface area contributed by atoms with Gasteiger partial charge in [-0.15, -0.1) is 17.9 Å². The number of nitrogens with one attached hydrogen (secondary N) is 1. The summed E-state index contributed by atoms with van der Waals surface area (Å²) in [5.74, 6) is -0.462. The third kappa shape index (κ3) is 3.13. The number of carbonyl (C=O) groups excluding carboxylic acids is 1. The third-order valence-electron chi connectivity index (χ3n) is 2.59. The van der Waals surface area contributed by atoms with E-state index in [1.165, 1.54) is 6.08 Å². The molecule has 0 atom stereocenters. The van der Waals surface area contributed by atoms with E-state index < -0.39 is 15.7 Å². The van der Waals surface area contributed by atoms with Crippen LogP contribution >= 0.6 is 11.3 Å². The van der Waals surface area contributed by atoms with E-state index in [0.717, 1.165) is 11.3 Å². The highest BCUT2D eigenvalue weighted by Crippen LogP contribution is 2.41. The van der Waals surface area contributed by atoms with Gasteiger partial charge in [0.15, 0.2) is 9.84 Å². The molecule has 1 rings (SSSR count). The Balaban J connectivity index is 3.42. The number of hydrogen-bond acceptors (Lipinski definition) is 6. The molecule has 0 saturated carbocycles. The second kappa shape index (κ2) is 6.27. The summed E-state index contributed by atoms with van der Waals surface area (Å²) < 4.78 is 24.3. The standard InChI is InChI=1S/C12H19N3O3S2/c1-5-7-14-11(16)9-8(13)10(20(17,18)6-2)12(19-9)15(3)4/h5H,1,6-7,13H2,2-4H3,(H,14,16). The number of nitrogens with two attached hydrogens (primary N) is 1. The summed E-state index contributed by atoms with van der Waals surface area (Å²) in [6, 6.07) is 0. The van der Waals surface area contributed by atoms with Crippen LogP contribution < -0.4 is 16.0 Å². The summed E-state index contributed by atoms with van der Waals surface area (Å²) in [5.41, 5.74) is 5.91. The van der Waals surface area contributed by atoms with Gasteiger partial charge in [-0.25, -0.2) is 8.42 Å². The maximum Gasteiger partial charge on any atom is 0.263 e. The molecule has 0 radical (unpaired) electrons. The van der Waals surface area contributed by atoms with Crippen LogP contribution in [-0.4, -0.2) is 40.7 Å². The number of thiophene rings is 1. The van der Waals surface area contributed by atoms with Gasteiger partial charge in [-0.3, -0.25) is 4.79 Å². The summed E-state index contributed by atoms with van der Waals surface area (Å²) in [6.07, 6.45) is 1.54. The van der Waals surface area contributed by atoms with Crippen LogP contribution in [0.5, 0.6) is 0 Å². The van der Waals surface area contributed by atoms with Crippen molar-refractivity contribution in [1.29, 1.82) is 0 Å². The summed E-state index contributed by atoms with van der Waals surface area (Å²) in [4.78, 5) is 13.9. The fraction of sp³-hybridized carbons (Fsp3) is 0.417. The van der Waals surface area contributed by atoms with Crippen molar-refractivity contribution in [2.75, 3.05) is 37.0 Å². The Morgan fingerprint density at radius 3 is 2.55 bits per heavy atom. The molecule has 0 aromatic carbocycles. The first-order valence-corrected chi connectivity index (χ1v) is 8.44. The molecule has 0 bridgehead atoms. The van der Waals surface area contributed by atoms with Crippen molar-refractivity contribution < 1.29 is 13.2 Å². The molecule has 0 unspecified atom stereocenters. The summed E-state index contributed by atoms with van der Waals surface area (Å²) in [5, 5.41) is 3.06. The Morgan fingerprint density at radius 2 is 2.10 bits per heavy atom. The monoisotopic (exact) mass is 317 g/mol. The molecule has 0 aliphatic rings. The molecule has 1 heterocycles. The van der Waals surface area contributed by atoms with Crippen LogP contribution in [0.3, 0.4) is 0 Å². The smallest absolute Gasteiger partial charge is 0.263 e. The molecular weight excluding hydrogens is 298 g/mol. The van der Waals surface area contributed by atoms with E-state index in [1.54, 1.807) is 25.9 Å².